The molecule has 2 aromatic rings. The number of anilines is 1. The van der Waals surface area contributed by atoms with Gasteiger partial charge in [-0.05, 0) is 5.92 Å². The van der Waals surface area contributed by atoms with Crippen molar-refractivity contribution < 1.29 is 0 Å². The van der Waals surface area contributed by atoms with Crippen LogP contribution in [-0.2, 0) is 13.0 Å². The van der Waals surface area contributed by atoms with Crippen molar-refractivity contribution in [1.82, 2.24) is 20.2 Å². The van der Waals surface area contributed by atoms with Gasteiger partial charge in [0.25, 0.3) is 0 Å². The fraction of sp³-hybridized carbons (Fsp3) is 0.500. The van der Waals surface area contributed by atoms with E-state index in [1.165, 1.54) is 0 Å². The van der Waals surface area contributed by atoms with Crippen LogP contribution in [0.3, 0.4) is 0 Å². The van der Waals surface area contributed by atoms with E-state index in [2.05, 4.69) is 39.3 Å². The van der Waals surface area contributed by atoms with Crippen molar-refractivity contribution in [3.8, 4) is 0 Å². The molecular weight excluding hydrogens is 222 g/mol. The van der Waals surface area contributed by atoms with Crippen LogP contribution in [0.15, 0.2) is 12.5 Å². The van der Waals surface area contributed by atoms with Crippen molar-refractivity contribution in [2.24, 2.45) is 5.92 Å². The van der Waals surface area contributed by atoms with Gasteiger partial charge in [0.2, 0.25) is 5.13 Å². The summed E-state index contributed by atoms with van der Waals surface area (Å²) in [6.07, 6.45) is 4.45. The van der Waals surface area contributed by atoms with Gasteiger partial charge in [-0.3, -0.25) is 0 Å². The third-order valence-electron chi connectivity index (χ3n) is 2.03. The largest absolute Gasteiger partial charge is 0.354 e. The molecule has 0 amide bonds. The predicted molar refractivity (Wildman–Crippen MR) is 64.4 cm³/mol. The molecule has 0 aromatic carbocycles. The zero-order chi connectivity index (χ0) is 11.4. The van der Waals surface area contributed by atoms with Crippen LogP contribution in [0.5, 0.6) is 0 Å². The number of nitrogens with one attached hydrogen (secondary N) is 2. The Morgan fingerprint density at radius 2 is 2.31 bits per heavy atom. The molecule has 0 unspecified atom stereocenters. The molecule has 0 saturated carbocycles. The summed E-state index contributed by atoms with van der Waals surface area (Å²) in [5.41, 5.74) is 1.04. The van der Waals surface area contributed by atoms with E-state index in [-0.39, 0.29) is 0 Å². The Hall–Kier alpha value is -1.43. The zero-order valence-corrected chi connectivity index (χ0v) is 10.2. The van der Waals surface area contributed by atoms with Gasteiger partial charge in [-0.2, -0.15) is 0 Å². The Bertz CT molecular complexity index is 420. The van der Waals surface area contributed by atoms with E-state index in [0.717, 1.165) is 22.3 Å². The van der Waals surface area contributed by atoms with Crippen LogP contribution in [0.25, 0.3) is 0 Å². The molecule has 16 heavy (non-hydrogen) atoms. The van der Waals surface area contributed by atoms with Gasteiger partial charge < -0.3 is 10.3 Å². The summed E-state index contributed by atoms with van der Waals surface area (Å²) in [5, 5.41) is 13.4. The Kier molecular flexibility index (Phi) is 3.51. The number of rotatable bonds is 5. The molecule has 2 aromatic heterocycles. The number of nitrogens with zero attached hydrogens (tertiary/aromatic N) is 3. The van der Waals surface area contributed by atoms with Gasteiger partial charge in [-0.15, -0.1) is 10.2 Å². The van der Waals surface area contributed by atoms with Crippen molar-refractivity contribution in [3.05, 3.63) is 23.2 Å². The predicted octanol–water partition coefficient (Wildman–Crippen LogP) is 2.07. The fourth-order valence-corrected chi connectivity index (χ4v) is 2.26. The fourth-order valence-electron chi connectivity index (χ4n) is 1.31. The molecule has 2 rings (SSSR count). The van der Waals surface area contributed by atoms with Gasteiger partial charge in [0.05, 0.1) is 18.6 Å². The topological polar surface area (TPSA) is 66.5 Å². The lowest BCUT2D eigenvalue weighted by Crippen LogP contribution is -1.98. The second kappa shape index (κ2) is 5.07. The van der Waals surface area contributed by atoms with Gasteiger partial charge in [0.1, 0.15) is 5.01 Å². The van der Waals surface area contributed by atoms with Crippen LogP contribution >= 0.6 is 11.3 Å². The minimum absolute atomic E-state index is 0.619. The zero-order valence-electron chi connectivity index (χ0n) is 9.40. The molecule has 2 N–H and O–H groups in total. The molecule has 0 aliphatic carbocycles. The Balaban J connectivity index is 1.88. The van der Waals surface area contributed by atoms with Gasteiger partial charge in [-0.1, -0.05) is 25.2 Å². The first-order valence-corrected chi connectivity index (χ1v) is 6.09. The summed E-state index contributed by atoms with van der Waals surface area (Å²) < 4.78 is 0. The van der Waals surface area contributed by atoms with E-state index in [4.69, 9.17) is 0 Å². The molecule has 0 bridgehead atoms. The molecule has 0 saturated heterocycles. The maximum Gasteiger partial charge on any atom is 0.205 e. The van der Waals surface area contributed by atoms with Crippen LogP contribution < -0.4 is 5.32 Å². The Labute approximate surface area is 98.3 Å². The molecule has 2 heterocycles. The van der Waals surface area contributed by atoms with Gasteiger partial charge in [-0.25, -0.2) is 4.98 Å². The van der Waals surface area contributed by atoms with Crippen LogP contribution in [0.2, 0.25) is 0 Å². The third-order valence-corrected chi connectivity index (χ3v) is 2.94. The average molecular weight is 237 g/mol. The highest BCUT2D eigenvalue weighted by Gasteiger charge is 2.05. The van der Waals surface area contributed by atoms with Crippen molar-refractivity contribution in [3.63, 3.8) is 0 Å². The van der Waals surface area contributed by atoms with Crippen molar-refractivity contribution in [2.45, 2.75) is 26.8 Å². The summed E-state index contributed by atoms with van der Waals surface area (Å²) in [7, 11) is 0. The second-order valence-corrected chi connectivity index (χ2v) is 5.09. The summed E-state index contributed by atoms with van der Waals surface area (Å²) in [6.45, 7) is 5.06. The highest BCUT2D eigenvalue weighted by molar-refractivity contribution is 7.15. The lowest BCUT2D eigenvalue weighted by atomic mass is 10.1. The molecule has 6 heteroatoms. The van der Waals surface area contributed by atoms with Crippen molar-refractivity contribution in [2.75, 3.05) is 5.32 Å². The average Bonchev–Trinajstić information content (AvgIpc) is 2.84. The minimum Gasteiger partial charge on any atom is -0.354 e. The monoisotopic (exact) mass is 237 g/mol. The molecule has 0 spiro atoms. The standard InChI is InChI=1S/C10H15N5S/c1-7(2)3-9-14-15-10(16-9)12-5-8-4-11-6-13-8/h4,6-7H,3,5H2,1-2H3,(H,11,13)(H,12,15). The number of aromatic amines is 1. The lowest BCUT2D eigenvalue weighted by molar-refractivity contribution is 0.640. The molecule has 0 atom stereocenters. The Morgan fingerprint density at radius 3 is 3.00 bits per heavy atom. The summed E-state index contributed by atoms with van der Waals surface area (Å²) in [6, 6.07) is 0. The summed E-state index contributed by atoms with van der Waals surface area (Å²) >= 11 is 1.62. The molecule has 86 valence electrons. The quantitative estimate of drug-likeness (QED) is 0.835. The van der Waals surface area contributed by atoms with E-state index in [9.17, 15) is 0 Å². The maximum atomic E-state index is 4.14. The SMILES string of the molecule is CC(C)Cc1nnc(NCc2cnc[nH]2)s1. The number of hydrogen-bond acceptors (Lipinski definition) is 5. The lowest BCUT2D eigenvalue weighted by Gasteiger charge is -1.98. The van der Waals surface area contributed by atoms with Crippen molar-refractivity contribution >= 4 is 16.5 Å². The first kappa shape index (κ1) is 11.1. The molecular formula is C10H15N5S. The molecule has 0 aliphatic heterocycles. The molecule has 0 aliphatic rings. The van der Waals surface area contributed by atoms with E-state index in [1.54, 1.807) is 23.9 Å². The van der Waals surface area contributed by atoms with E-state index in [1.807, 2.05) is 0 Å². The first-order valence-electron chi connectivity index (χ1n) is 5.27. The molecule has 5 nitrogen and oxygen atoms in total. The minimum atomic E-state index is 0.619. The van der Waals surface area contributed by atoms with Gasteiger partial charge >= 0.3 is 0 Å². The second-order valence-electron chi connectivity index (χ2n) is 4.03. The molecule has 0 fully saturated rings. The highest BCUT2D eigenvalue weighted by atomic mass is 32.1. The Morgan fingerprint density at radius 1 is 1.44 bits per heavy atom. The normalized spacial score (nSPS) is 10.9. The van der Waals surface area contributed by atoms with Crippen LogP contribution in [0, 0.1) is 5.92 Å². The molecule has 0 radical (unpaired) electrons. The maximum absolute atomic E-state index is 4.14. The van der Waals surface area contributed by atoms with Crippen LogP contribution in [0.1, 0.15) is 24.5 Å². The smallest absolute Gasteiger partial charge is 0.205 e. The number of imidazole rings is 1. The van der Waals surface area contributed by atoms with E-state index < -0.39 is 0 Å². The highest BCUT2D eigenvalue weighted by Crippen LogP contribution is 2.18. The van der Waals surface area contributed by atoms with Crippen molar-refractivity contribution in [1.29, 1.82) is 0 Å². The summed E-state index contributed by atoms with van der Waals surface area (Å²) in [4.78, 5) is 6.98. The van der Waals surface area contributed by atoms with Gasteiger partial charge in [0, 0.05) is 12.6 Å². The first-order chi connectivity index (χ1) is 7.74. The number of hydrogen-bond donors (Lipinski definition) is 2. The third kappa shape index (κ3) is 3.03. The summed E-state index contributed by atoms with van der Waals surface area (Å²) in [5.74, 6) is 0.619. The van der Waals surface area contributed by atoms with E-state index in [0.29, 0.717) is 12.5 Å². The van der Waals surface area contributed by atoms with Gasteiger partial charge in [0.15, 0.2) is 0 Å². The van der Waals surface area contributed by atoms with E-state index >= 15 is 0 Å². The number of aromatic nitrogens is 4. The van der Waals surface area contributed by atoms with Crippen LogP contribution in [0.4, 0.5) is 5.13 Å². The number of H-pyrrole nitrogens is 1. The van der Waals surface area contributed by atoms with Crippen LogP contribution in [-0.4, -0.2) is 20.2 Å².